The molecule has 8 heteroatoms. The van der Waals surface area contributed by atoms with Gasteiger partial charge in [-0.25, -0.2) is 0 Å². The third kappa shape index (κ3) is 6.37. The third-order valence-electron chi connectivity index (χ3n) is 7.20. The summed E-state index contributed by atoms with van der Waals surface area (Å²) in [6, 6.07) is 10.0. The van der Waals surface area contributed by atoms with Gasteiger partial charge in [0.05, 0.1) is 12.5 Å². The third-order valence-corrected chi connectivity index (χ3v) is 7.87. The number of piperidine rings is 1. The molecule has 0 amide bonds. The summed E-state index contributed by atoms with van der Waals surface area (Å²) in [4.78, 5) is 13.4. The number of nitrogens with zero attached hydrogens (tertiary/aromatic N) is 1. The summed E-state index contributed by atoms with van der Waals surface area (Å²) in [6.45, 7) is 7.24. The number of carboxylic acid groups (broad SMARTS) is 1. The van der Waals surface area contributed by atoms with Crippen molar-refractivity contribution in [1.82, 2.24) is 4.90 Å². The molecule has 0 saturated carbocycles. The van der Waals surface area contributed by atoms with Gasteiger partial charge in [-0.3, -0.25) is 4.79 Å². The lowest BCUT2D eigenvalue weighted by Crippen LogP contribution is -2.45. The van der Waals surface area contributed by atoms with Crippen molar-refractivity contribution >= 4 is 41.6 Å². The highest BCUT2D eigenvalue weighted by atomic mass is 35.5. The van der Waals surface area contributed by atoms with Gasteiger partial charge >= 0.3 is 5.97 Å². The molecular formula is C27H34Cl3NO4. The second-order valence-corrected chi connectivity index (χ2v) is 10.5. The predicted molar refractivity (Wildman–Crippen MR) is 143 cm³/mol. The number of aliphatic carboxylic acids is 1. The second kappa shape index (κ2) is 12.1. The first kappa shape index (κ1) is 27.9. The van der Waals surface area contributed by atoms with Crippen LogP contribution in [0, 0.1) is 5.92 Å². The predicted octanol–water partition coefficient (Wildman–Crippen LogP) is 6.78. The zero-order valence-electron chi connectivity index (χ0n) is 20.3. The van der Waals surface area contributed by atoms with Gasteiger partial charge in [-0.15, -0.1) is 12.4 Å². The van der Waals surface area contributed by atoms with Crippen LogP contribution in [-0.4, -0.2) is 42.2 Å². The van der Waals surface area contributed by atoms with Gasteiger partial charge in [0.25, 0.3) is 0 Å². The minimum Gasteiger partial charge on any atom is -0.492 e. The maximum absolute atomic E-state index is 11.2. The maximum Gasteiger partial charge on any atom is 0.307 e. The van der Waals surface area contributed by atoms with Crippen molar-refractivity contribution in [3.05, 3.63) is 57.1 Å². The lowest BCUT2D eigenvalue weighted by Gasteiger charge is -2.39. The van der Waals surface area contributed by atoms with Gasteiger partial charge < -0.3 is 19.5 Å². The molecule has 1 fully saturated rings. The molecule has 2 aromatic carbocycles. The van der Waals surface area contributed by atoms with Gasteiger partial charge in [-0.2, -0.15) is 0 Å². The molecule has 4 rings (SSSR count). The number of halogens is 3. The van der Waals surface area contributed by atoms with Crippen LogP contribution in [0.15, 0.2) is 30.3 Å². The average Bonchev–Trinajstić information content (AvgIpc) is 3.16. The fourth-order valence-electron chi connectivity index (χ4n) is 4.96. The Labute approximate surface area is 224 Å². The van der Waals surface area contributed by atoms with Crippen molar-refractivity contribution in [2.75, 3.05) is 26.2 Å². The topological polar surface area (TPSA) is 59.0 Å². The first-order valence-electron chi connectivity index (χ1n) is 12.1. The minimum absolute atomic E-state index is 0. The Hall–Kier alpha value is -1.66. The van der Waals surface area contributed by atoms with Gasteiger partial charge in [0, 0.05) is 39.2 Å². The number of rotatable bonds is 9. The molecule has 1 saturated heterocycles. The molecule has 0 radical (unpaired) electrons. The molecule has 0 aliphatic carbocycles. The summed E-state index contributed by atoms with van der Waals surface area (Å²) in [7, 11) is 0. The molecule has 192 valence electrons. The van der Waals surface area contributed by atoms with Crippen LogP contribution in [0.3, 0.4) is 0 Å². The van der Waals surface area contributed by atoms with E-state index in [1.807, 2.05) is 24.3 Å². The summed E-state index contributed by atoms with van der Waals surface area (Å²) < 4.78 is 12.1. The highest BCUT2D eigenvalue weighted by Crippen LogP contribution is 2.47. The monoisotopic (exact) mass is 541 g/mol. The normalized spacial score (nSPS) is 17.4. The molecule has 2 aromatic rings. The Morgan fingerprint density at radius 3 is 2.51 bits per heavy atom. The number of benzene rings is 2. The van der Waals surface area contributed by atoms with Crippen LogP contribution in [0.5, 0.6) is 11.5 Å². The first-order valence-corrected chi connectivity index (χ1v) is 12.9. The molecule has 1 atom stereocenters. The number of carbonyl (C=O) groups is 1. The van der Waals surface area contributed by atoms with E-state index in [0.717, 1.165) is 67.8 Å². The summed E-state index contributed by atoms with van der Waals surface area (Å²) >= 11 is 13.0. The highest BCUT2D eigenvalue weighted by Gasteiger charge is 2.43. The van der Waals surface area contributed by atoms with Crippen molar-refractivity contribution in [2.45, 2.75) is 58.0 Å². The number of hydrogen-bond donors (Lipinski definition) is 1. The maximum atomic E-state index is 11.2. The highest BCUT2D eigenvalue weighted by molar-refractivity contribution is 6.36. The second-order valence-electron chi connectivity index (χ2n) is 9.70. The number of fused-ring (bicyclic) bond motifs is 2. The summed E-state index contributed by atoms with van der Waals surface area (Å²) in [6.07, 6.45) is 5.13. The van der Waals surface area contributed by atoms with Crippen LogP contribution in [0.25, 0.3) is 0 Å². The molecule has 35 heavy (non-hydrogen) atoms. The molecule has 1 spiro atoms. The van der Waals surface area contributed by atoms with Crippen molar-refractivity contribution < 1.29 is 19.4 Å². The molecule has 2 aliphatic heterocycles. The molecule has 0 bridgehead atoms. The van der Waals surface area contributed by atoms with E-state index in [1.165, 1.54) is 5.56 Å². The SMILES string of the molecule is CCCCc1cc(Cl)c(COc2ccc3c(c2)OCC32CCN(CC(C)C(=O)O)CC2)c(Cl)c1.Cl. The van der Waals surface area contributed by atoms with E-state index < -0.39 is 5.97 Å². The molecule has 2 aliphatic rings. The van der Waals surface area contributed by atoms with E-state index in [0.29, 0.717) is 29.8 Å². The number of unbranched alkanes of at least 4 members (excludes halogenated alkanes) is 1. The average molecular weight is 543 g/mol. The van der Waals surface area contributed by atoms with Crippen LogP contribution in [0.4, 0.5) is 0 Å². The fraction of sp³-hybridized carbons (Fsp3) is 0.519. The van der Waals surface area contributed by atoms with Crippen LogP contribution >= 0.6 is 35.6 Å². The van der Waals surface area contributed by atoms with Crippen LogP contribution in [0.2, 0.25) is 10.0 Å². The number of carboxylic acids is 1. The number of aryl methyl sites for hydroxylation is 1. The zero-order chi connectivity index (χ0) is 24.3. The van der Waals surface area contributed by atoms with Crippen molar-refractivity contribution in [2.24, 2.45) is 5.92 Å². The van der Waals surface area contributed by atoms with Crippen LogP contribution in [-0.2, 0) is 23.2 Å². The molecule has 1 N–H and O–H groups in total. The van der Waals surface area contributed by atoms with Crippen molar-refractivity contribution in [3.8, 4) is 11.5 Å². The van der Waals surface area contributed by atoms with E-state index in [2.05, 4.69) is 17.9 Å². The van der Waals surface area contributed by atoms with E-state index in [-0.39, 0.29) is 23.7 Å². The number of likely N-dealkylation sites (tertiary alicyclic amines) is 1. The summed E-state index contributed by atoms with van der Waals surface area (Å²) in [5.74, 6) is 0.510. The zero-order valence-corrected chi connectivity index (χ0v) is 22.6. The van der Waals surface area contributed by atoms with Gasteiger partial charge in [0.15, 0.2) is 0 Å². The fourth-order valence-corrected chi connectivity index (χ4v) is 5.60. The molecule has 5 nitrogen and oxygen atoms in total. The van der Waals surface area contributed by atoms with Gasteiger partial charge in [-0.05, 0) is 62.5 Å². The largest absolute Gasteiger partial charge is 0.492 e. The van der Waals surface area contributed by atoms with Gasteiger partial charge in [0.1, 0.15) is 18.1 Å². The van der Waals surface area contributed by atoms with Gasteiger partial charge in [-0.1, -0.05) is 49.5 Å². The Kier molecular flexibility index (Phi) is 9.61. The minimum atomic E-state index is -0.739. The molecule has 1 unspecified atom stereocenters. The summed E-state index contributed by atoms with van der Waals surface area (Å²) in [5.41, 5.74) is 3.17. The molecular weight excluding hydrogens is 509 g/mol. The molecule has 0 aromatic heterocycles. The van der Waals surface area contributed by atoms with E-state index >= 15 is 0 Å². The van der Waals surface area contributed by atoms with Crippen molar-refractivity contribution in [3.63, 3.8) is 0 Å². The lowest BCUT2D eigenvalue weighted by atomic mass is 9.74. The quantitative estimate of drug-likeness (QED) is 0.378. The smallest absolute Gasteiger partial charge is 0.307 e. The number of ether oxygens (including phenoxy) is 2. The standard InChI is InChI=1S/C27H33Cl2NO4.ClH/c1-3-4-5-19-12-23(28)21(24(29)13-19)16-33-20-6-7-22-25(14-20)34-17-27(22)8-10-30(11-9-27)15-18(2)26(31)32;/h6-7,12-14,18H,3-5,8-11,15-17H2,1-2H3,(H,31,32);1H. The van der Waals surface area contributed by atoms with Gasteiger partial charge in [0.2, 0.25) is 0 Å². The first-order chi connectivity index (χ1) is 16.3. The Morgan fingerprint density at radius 1 is 1.20 bits per heavy atom. The van der Waals surface area contributed by atoms with E-state index in [9.17, 15) is 9.90 Å². The van der Waals surface area contributed by atoms with E-state index in [4.69, 9.17) is 32.7 Å². The Bertz CT molecular complexity index is 1010. The molecule has 2 heterocycles. The Morgan fingerprint density at radius 2 is 1.89 bits per heavy atom. The summed E-state index contributed by atoms with van der Waals surface area (Å²) in [5, 5.41) is 10.5. The van der Waals surface area contributed by atoms with Crippen LogP contribution in [0.1, 0.15) is 56.2 Å². The Balaban J connectivity index is 0.00000342. The van der Waals surface area contributed by atoms with E-state index in [1.54, 1.807) is 6.92 Å². The van der Waals surface area contributed by atoms with Crippen molar-refractivity contribution in [1.29, 1.82) is 0 Å². The lowest BCUT2D eigenvalue weighted by molar-refractivity contribution is -0.141. The van der Waals surface area contributed by atoms with Crippen LogP contribution < -0.4 is 9.47 Å². The number of hydrogen-bond acceptors (Lipinski definition) is 4.